The number of nitrogens with one attached hydrogen (secondary N) is 2. The van der Waals surface area contributed by atoms with Crippen LogP contribution in [-0.4, -0.2) is 31.2 Å². The molecule has 1 heterocycles. The Hall–Kier alpha value is -1.71. The number of rotatable bonds is 5. The van der Waals surface area contributed by atoms with Gasteiger partial charge in [0.1, 0.15) is 0 Å². The van der Waals surface area contributed by atoms with E-state index in [1.165, 1.54) is 30.5 Å². The number of urea groups is 1. The number of anilines is 1. The Labute approximate surface area is 139 Å². The Bertz CT molecular complexity index is 525. The first-order valence-electron chi connectivity index (χ1n) is 9.13. The van der Waals surface area contributed by atoms with Crippen molar-refractivity contribution in [2.24, 2.45) is 0 Å². The summed E-state index contributed by atoms with van der Waals surface area (Å²) in [6.45, 7) is 4.02. The summed E-state index contributed by atoms with van der Waals surface area (Å²) in [5.41, 5.74) is 2.81. The summed E-state index contributed by atoms with van der Waals surface area (Å²) < 4.78 is 0. The normalized spacial score (nSPS) is 21.1. The molecule has 1 aromatic rings. The summed E-state index contributed by atoms with van der Waals surface area (Å²) in [5.74, 6) is 0. The number of nitrogens with zero attached hydrogens (tertiary/aromatic N) is 1. The third-order valence-corrected chi connectivity index (χ3v) is 5.15. The van der Waals surface area contributed by atoms with Crippen molar-refractivity contribution in [2.45, 2.75) is 64.0 Å². The van der Waals surface area contributed by atoms with E-state index in [1.54, 1.807) is 0 Å². The van der Waals surface area contributed by atoms with Gasteiger partial charge in [0.15, 0.2) is 0 Å². The molecule has 4 nitrogen and oxygen atoms in total. The molecule has 0 aromatic heterocycles. The standard InChI is InChI=1S/C19H29N3O/c1-15-14-16-8-5-6-11-18(16)22(15)13-7-12-20-19(23)21-17-9-3-2-4-10-17/h5-6,8,11,15,17H,2-4,7,9-10,12-14H2,1H3,(H2,20,21,23)/t15-/m1/s1. The van der Waals surface area contributed by atoms with Gasteiger partial charge in [-0.15, -0.1) is 0 Å². The van der Waals surface area contributed by atoms with E-state index in [0.29, 0.717) is 12.1 Å². The van der Waals surface area contributed by atoms with Gasteiger partial charge in [-0.05, 0) is 44.2 Å². The highest BCUT2D eigenvalue weighted by Gasteiger charge is 2.24. The van der Waals surface area contributed by atoms with Crippen molar-refractivity contribution in [1.82, 2.24) is 10.6 Å². The molecule has 1 aliphatic carbocycles. The molecule has 0 unspecified atom stereocenters. The number of benzene rings is 1. The first-order valence-corrected chi connectivity index (χ1v) is 9.13. The summed E-state index contributed by atoms with van der Waals surface area (Å²) >= 11 is 0. The van der Waals surface area contributed by atoms with Gasteiger partial charge in [-0.1, -0.05) is 37.5 Å². The van der Waals surface area contributed by atoms with E-state index in [9.17, 15) is 4.79 Å². The van der Waals surface area contributed by atoms with Crippen LogP contribution < -0.4 is 15.5 Å². The van der Waals surface area contributed by atoms with Gasteiger partial charge in [-0.2, -0.15) is 0 Å². The molecule has 1 fully saturated rings. The molecule has 2 aliphatic rings. The first kappa shape index (κ1) is 16.2. The summed E-state index contributed by atoms with van der Waals surface area (Å²) in [5, 5.41) is 6.12. The number of hydrogen-bond acceptors (Lipinski definition) is 2. The number of para-hydroxylation sites is 1. The van der Waals surface area contributed by atoms with Crippen LogP contribution in [0.1, 0.15) is 51.0 Å². The summed E-state index contributed by atoms with van der Waals surface area (Å²) in [7, 11) is 0. The van der Waals surface area contributed by atoms with Gasteiger partial charge in [-0.3, -0.25) is 0 Å². The number of carbonyl (C=O) groups excluding carboxylic acids is 1. The lowest BCUT2D eigenvalue weighted by molar-refractivity contribution is 0.232. The molecule has 1 aromatic carbocycles. The van der Waals surface area contributed by atoms with Gasteiger partial charge in [0.25, 0.3) is 0 Å². The average molecular weight is 315 g/mol. The monoisotopic (exact) mass is 315 g/mol. The maximum absolute atomic E-state index is 11.9. The van der Waals surface area contributed by atoms with Crippen molar-refractivity contribution in [3.05, 3.63) is 29.8 Å². The molecule has 1 saturated carbocycles. The van der Waals surface area contributed by atoms with Crippen LogP contribution in [0.4, 0.5) is 10.5 Å². The van der Waals surface area contributed by atoms with Gasteiger partial charge < -0.3 is 15.5 Å². The Kier molecular flexibility index (Phi) is 5.42. The fourth-order valence-corrected chi connectivity index (χ4v) is 3.91. The van der Waals surface area contributed by atoms with E-state index in [1.807, 2.05) is 0 Å². The zero-order valence-electron chi connectivity index (χ0n) is 14.2. The smallest absolute Gasteiger partial charge is 0.315 e. The van der Waals surface area contributed by atoms with Crippen molar-refractivity contribution in [3.63, 3.8) is 0 Å². The van der Waals surface area contributed by atoms with Crippen LogP contribution in [0, 0.1) is 0 Å². The van der Waals surface area contributed by atoms with Gasteiger partial charge >= 0.3 is 6.03 Å². The van der Waals surface area contributed by atoms with Crippen LogP contribution in [0.5, 0.6) is 0 Å². The van der Waals surface area contributed by atoms with Crippen molar-refractivity contribution in [1.29, 1.82) is 0 Å². The second-order valence-electron chi connectivity index (χ2n) is 6.96. The van der Waals surface area contributed by atoms with E-state index in [0.717, 1.165) is 38.8 Å². The van der Waals surface area contributed by atoms with Crippen molar-refractivity contribution in [3.8, 4) is 0 Å². The molecule has 0 radical (unpaired) electrons. The van der Waals surface area contributed by atoms with Crippen LogP contribution >= 0.6 is 0 Å². The first-order chi connectivity index (χ1) is 11.2. The minimum atomic E-state index is 0.00627. The molecule has 23 heavy (non-hydrogen) atoms. The van der Waals surface area contributed by atoms with Gasteiger partial charge in [-0.25, -0.2) is 4.79 Å². The van der Waals surface area contributed by atoms with Gasteiger partial charge in [0.05, 0.1) is 0 Å². The highest BCUT2D eigenvalue weighted by atomic mass is 16.2. The van der Waals surface area contributed by atoms with Crippen LogP contribution in [0.2, 0.25) is 0 Å². The lowest BCUT2D eigenvalue weighted by Crippen LogP contribution is -2.43. The molecule has 0 saturated heterocycles. The zero-order chi connectivity index (χ0) is 16.1. The quantitative estimate of drug-likeness (QED) is 0.817. The Morgan fingerprint density at radius 3 is 2.83 bits per heavy atom. The number of carbonyl (C=O) groups is 1. The summed E-state index contributed by atoms with van der Waals surface area (Å²) in [4.78, 5) is 14.4. The summed E-state index contributed by atoms with van der Waals surface area (Å²) in [6, 6.07) is 9.61. The highest BCUT2D eigenvalue weighted by molar-refractivity contribution is 5.74. The topological polar surface area (TPSA) is 44.4 Å². The maximum Gasteiger partial charge on any atom is 0.315 e. The van der Waals surface area contributed by atoms with Gasteiger partial charge in [0.2, 0.25) is 0 Å². The molecule has 0 bridgehead atoms. The number of amides is 2. The predicted molar refractivity (Wildman–Crippen MR) is 95.0 cm³/mol. The minimum absolute atomic E-state index is 0.00627. The van der Waals surface area contributed by atoms with E-state index >= 15 is 0 Å². The van der Waals surface area contributed by atoms with E-state index < -0.39 is 0 Å². The number of hydrogen-bond donors (Lipinski definition) is 2. The predicted octanol–water partition coefficient (Wildman–Crippen LogP) is 3.46. The fourth-order valence-electron chi connectivity index (χ4n) is 3.91. The maximum atomic E-state index is 11.9. The Morgan fingerprint density at radius 2 is 2.00 bits per heavy atom. The molecule has 3 rings (SSSR count). The van der Waals surface area contributed by atoms with Crippen LogP contribution in [0.25, 0.3) is 0 Å². The van der Waals surface area contributed by atoms with E-state index in [-0.39, 0.29) is 6.03 Å². The highest BCUT2D eigenvalue weighted by Crippen LogP contribution is 2.31. The van der Waals surface area contributed by atoms with E-state index in [4.69, 9.17) is 0 Å². The third kappa shape index (κ3) is 4.18. The van der Waals surface area contributed by atoms with Crippen LogP contribution in [0.3, 0.4) is 0 Å². The Balaban J connectivity index is 1.37. The van der Waals surface area contributed by atoms with Gasteiger partial charge in [0, 0.05) is 30.9 Å². The molecule has 2 N–H and O–H groups in total. The Morgan fingerprint density at radius 1 is 1.22 bits per heavy atom. The van der Waals surface area contributed by atoms with E-state index in [2.05, 4.69) is 46.7 Å². The lowest BCUT2D eigenvalue weighted by atomic mass is 9.96. The molecular formula is C19H29N3O. The molecule has 4 heteroatoms. The van der Waals surface area contributed by atoms with Crippen LogP contribution in [0.15, 0.2) is 24.3 Å². The largest absolute Gasteiger partial charge is 0.368 e. The molecular weight excluding hydrogens is 286 g/mol. The molecule has 0 spiro atoms. The fraction of sp³-hybridized carbons (Fsp3) is 0.632. The minimum Gasteiger partial charge on any atom is -0.368 e. The van der Waals surface area contributed by atoms with Crippen molar-refractivity contribution < 1.29 is 4.79 Å². The van der Waals surface area contributed by atoms with Crippen molar-refractivity contribution >= 4 is 11.7 Å². The zero-order valence-corrected chi connectivity index (χ0v) is 14.2. The second kappa shape index (κ2) is 7.71. The van der Waals surface area contributed by atoms with Crippen molar-refractivity contribution in [2.75, 3.05) is 18.0 Å². The average Bonchev–Trinajstić information content (AvgIpc) is 2.88. The molecule has 2 amide bonds. The lowest BCUT2D eigenvalue weighted by Gasteiger charge is -2.25. The second-order valence-corrected chi connectivity index (χ2v) is 6.96. The third-order valence-electron chi connectivity index (χ3n) is 5.15. The summed E-state index contributed by atoms with van der Waals surface area (Å²) in [6.07, 6.45) is 8.19. The molecule has 1 aliphatic heterocycles. The van der Waals surface area contributed by atoms with Crippen LogP contribution in [-0.2, 0) is 6.42 Å². The number of fused-ring (bicyclic) bond motifs is 1. The molecule has 1 atom stereocenters. The SMILES string of the molecule is C[C@@H]1Cc2ccccc2N1CCCNC(=O)NC1CCCCC1. The molecule has 126 valence electrons.